The molecule has 4 aromatic rings. The van der Waals surface area contributed by atoms with Gasteiger partial charge in [-0.2, -0.15) is 0 Å². The molecule has 0 radical (unpaired) electrons. The quantitative estimate of drug-likeness (QED) is 0.281. The Balaban J connectivity index is 1.36. The van der Waals surface area contributed by atoms with Gasteiger partial charge in [0.15, 0.2) is 11.8 Å². The first-order chi connectivity index (χ1) is 16.5. The Morgan fingerprint density at radius 1 is 1.06 bits per heavy atom. The molecule has 1 aromatic heterocycles. The monoisotopic (exact) mass is 479 g/mol. The smallest absolute Gasteiger partial charge is 0.316 e. The van der Waals surface area contributed by atoms with E-state index in [1.54, 1.807) is 36.4 Å². The SMILES string of the molecule is COc1cccc(NC(=O)COC(=O)CSc2nc3ccccc3n2Cc2ccc(F)cc2)c1. The first-order valence-corrected chi connectivity index (χ1v) is 11.4. The maximum absolute atomic E-state index is 13.3. The van der Waals surface area contributed by atoms with Crippen molar-refractivity contribution in [3.05, 3.63) is 84.2 Å². The van der Waals surface area contributed by atoms with Gasteiger partial charge in [-0.1, -0.05) is 42.1 Å². The molecule has 4 rings (SSSR count). The molecule has 0 aliphatic rings. The topological polar surface area (TPSA) is 82.4 Å². The molecule has 0 aliphatic heterocycles. The lowest BCUT2D eigenvalue weighted by Gasteiger charge is -2.10. The van der Waals surface area contributed by atoms with E-state index in [2.05, 4.69) is 10.3 Å². The lowest BCUT2D eigenvalue weighted by Crippen LogP contribution is -2.21. The number of hydrogen-bond acceptors (Lipinski definition) is 6. The van der Waals surface area contributed by atoms with Crippen LogP contribution in [0.3, 0.4) is 0 Å². The molecule has 9 heteroatoms. The van der Waals surface area contributed by atoms with Crippen LogP contribution < -0.4 is 10.1 Å². The van der Waals surface area contributed by atoms with Crippen molar-refractivity contribution in [2.24, 2.45) is 0 Å². The number of rotatable bonds is 9. The highest BCUT2D eigenvalue weighted by molar-refractivity contribution is 7.99. The van der Waals surface area contributed by atoms with Gasteiger partial charge >= 0.3 is 5.97 Å². The minimum Gasteiger partial charge on any atom is -0.497 e. The van der Waals surface area contributed by atoms with E-state index < -0.39 is 18.5 Å². The third-order valence-corrected chi connectivity index (χ3v) is 5.86. The highest BCUT2D eigenvalue weighted by Gasteiger charge is 2.15. The van der Waals surface area contributed by atoms with Crippen LogP contribution in [0.15, 0.2) is 78.0 Å². The first kappa shape index (κ1) is 23.3. The van der Waals surface area contributed by atoms with Gasteiger partial charge in [0.05, 0.1) is 30.4 Å². The maximum Gasteiger partial charge on any atom is 0.316 e. The Morgan fingerprint density at radius 3 is 2.65 bits per heavy atom. The summed E-state index contributed by atoms with van der Waals surface area (Å²) < 4.78 is 25.5. The molecule has 0 saturated heterocycles. The Labute approximate surface area is 199 Å². The van der Waals surface area contributed by atoms with Crippen molar-refractivity contribution in [2.45, 2.75) is 11.7 Å². The van der Waals surface area contributed by atoms with E-state index in [0.29, 0.717) is 23.1 Å². The molecule has 34 heavy (non-hydrogen) atoms. The number of hydrogen-bond donors (Lipinski definition) is 1. The van der Waals surface area contributed by atoms with Gasteiger partial charge in [0.2, 0.25) is 0 Å². The summed E-state index contributed by atoms with van der Waals surface area (Å²) in [5.41, 5.74) is 3.14. The molecule has 1 heterocycles. The van der Waals surface area contributed by atoms with Crippen LogP contribution in [0.1, 0.15) is 5.56 Å². The number of para-hydroxylation sites is 2. The number of carbonyl (C=O) groups is 2. The highest BCUT2D eigenvalue weighted by Crippen LogP contribution is 2.25. The fourth-order valence-electron chi connectivity index (χ4n) is 3.30. The molecule has 7 nitrogen and oxygen atoms in total. The first-order valence-electron chi connectivity index (χ1n) is 10.4. The molecule has 0 saturated carbocycles. The second kappa shape index (κ2) is 10.8. The fraction of sp³-hybridized carbons (Fsp3) is 0.160. The largest absolute Gasteiger partial charge is 0.497 e. The zero-order valence-electron chi connectivity index (χ0n) is 18.4. The van der Waals surface area contributed by atoms with E-state index in [4.69, 9.17) is 9.47 Å². The van der Waals surface area contributed by atoms with Crippen molar-refractivity contribution in [1.29, 1.82) is 0 Å². The zero-order chi connectivity index (χ0) is 23.9. The van der Waals surface area contributed by atoms with Gasteiger partial charge in [0.1, 0.15) is 11.6 Å². The summed E-state index contributed by atoms with van der Waals surface area (Å²) in [7, 11) is 1.54. The van der Waals surface area contributed by atoms with Gasteiger partial charge in [0.25, 0.3) is 5.91 Å². The number of carbonyl (C=O) groups excluding carboxylic acids is 2. The van der Waals surface area contributed by atoms with E-state index in [0.717, 1.165) is 16.6 Å². The molecular weight excluding hydrogens is 457 g/mol. The summed E-state index contributed by atoms with van der Waals surface area (Å²) in [6.07, 6.45) is 0. The van der Waals surface area contributed by atoms with Gasteiger partial charge in [-0.15, -0.1) is 0 Å². The Kier molecular flexibility index (Phi) is 7.44. The van der Waals surface area contributed by atoms with Gasteiger partial charge in [-0.3, -0.25) is 9.59 Å². The molecule has 1 amide bonds. The number of esters is 1. The van der Waals surface area contributed by atoms with Crippen LogP contribution >= 0.6 is 11.8 Å². The summed E-state index contributed by atoms with van der Waals surface area (Å²) >= 11 is 1.22. The van der Waals surface area contributed by atoms with Crippen molar-refractivity contribution >= 4 is 40.4 Å². The lowest BCUT2D eigenvalue weighted by molar-refractivity contribution is -0.144. The Hall–Kier alpha value is -3.85. The number of aromatic nitrogens is 2. The number of methoxy groups -OCH3 is 1. The fourth-order valence-corrected chi connectivity index (χ4v) is 4.11. The number of amides is 1. The van der Waals surface area contributed by atoms with E-state index >= 15 is 0 Å². The highest BCUT2D eigenvalue weighted by atomic mass is 32.2. The lowest BCUT2D eigenvalue weighted by atomic mass is 10.2. The van der Waals surface area contributed by atoms with Crippen LogP contribution in [0.5, 0.6) is 5.75 Å². The summed E-state index contributed by atoms with van der Waals surface area (Å²) in [5.74, 6) is -0.692. The second-order valence-corrected chi connectivity index (χ2v) is 8.27. The molecule has 0 bridgehead atoms. The van der Waals surface area contributed by atoms with Crippen molar-refractivity contribution in [3.63, 3.8) is 0 Å². The van der Waals surface area contributed by atoms with Crippen LogP contribution in [0.2, 0.25) is 0 Å². The maximum atomic E-state index is 13.3. The Bertz CT molecular complexity index is 1310. The summed E-state index contributed by atoms with van der Waals surface area (Å²) in [4.78, 5) is 29.0. The van der Waals surface area contributed by atoms with Crippen LogP contribution in [-0.4, -0.2) is 40.9 Å². The molecule has 174 valence electrons. The summed E-state index contributed by atoms with van der Waals surface area (Å²) in [6, 6.07) is 20.8. The van der Waals surface area contributed by atoms with Crippen LogP contribution in [-0.2, 0) is 20.9 Å². The third-order valence-electron chi connectivity index (χ3n) is 4.91. The molecule has 3 aromatic carbocycles. The van der Waals surface area contributed by atoms with E-state index in [1.165, 1.54) is 31.0 Å². The number of halogens is 1. The van der Waals surface area contributed by atoms with Crippen LogP contribution in [0, 0.1) is 5.82 Å². The predicted molar refractivity (Wildman–Crippen MR) is 129 cm³/mol. The van der Waals surface area contributed by atoms with Crippen molar-refractivity contribution in [2.75, 3.05) is 24.8 Å². The van der Waals surface area contributed by atoms with E-state index in [9.17, 15) is 14.0 Å². The summed E-state index contributed by atoms with van der Waals surface area (Å²) in [5, 5.41) is 3.29. The number of nitrogens with zero attached hydrogens (tertiary/aromatic N) is 2. The zero-order valence-corrected chi connectivity index (χ0v) is 19.2. The third kappa shape index (κ3) is 5.93. The molecule has 0 spiro atoms. The average molecular weight is 480 g/mol. The van der Waals surface area contributed by atoms with Crippen molar-refractivity contribution in [1.82, 2.24) is 9.55 Å². The van der Waals surface area contributed by atoms with Gasteiger partial charge in [0, 0.05) is 11.8 Å². The number of nitrogens with one attached hydrogen (secondary N) is 1. The van der Waals surface area contributed by atoms with Gasteiger partial charge in [-0.25, -0.2) is 9.37 Å². The molecule has 0 unspecified atom stereocenters. The second-order valence-electron chi connectivity index (χ2n) is 7.33. The predicted octanol–water partition coefficient (Wildman–Crippen LogP) is 4.51. The van der Waals surface area contributed by atoms with E-state index in [1.807, 2.05) is 28.8 Å². The van der Waals surface area contributed by atoms with Crippen LogP contribution in [0.25, 0.3) is 11.0 Å². The Morgan fingerprint density at radius 2 is 1.85 bits per heavy atom. The number of fused-ring (bicyclic) bond motifs is 1. The van der Waals surface area contributed by atoms with Crippen LogP contribution in [0.4, 0.5) is 10.1 Å². The average Bonchev–Trinajstić information content (AvgIpc) is 3.20. The van der Waals surface area contributed by atoms with Crippen molar-refractivity contribution < 1.29 is 23.5 Å². The molecule has 1 N–H and O–H groups in total. The molecule has 0 atom stereocenters. The van der Waals surface area contributed by atoms with Gasteiger partial charge < -0.3 is 19.4 Å². The standard InChI is InChI=1S/C25H22FN3O4S/c1-32-20-6-4-5-19(13-20)27-23(30)15-33-24(31)16-34-25-28-21-7-2-3-8-22(21)29(25)14-17-9-11-18(26)12-10-17/h2-13H,14-16H2,1H3,(H,27,30). The number of anilines is 1. The minimum absolute atomic E-state index is 0.0147. The summed E-state index contributed by atoms with van der Waals surface area (Å²) in [6.45, 7) is 0.0731. The number of ether oxygens (including phenoxy) is 2. The molecule has 0 fully saturated rings. The number of thioether (sulfide) groups is 1. The molecular formula is C25H22FN3O4S. The van der Waals surface area contributed by atoms with E-state index in [-0.39, 0.29) is 11.6 Å². The van der Waals surface area contributed by atoms with Gasteiger partial charge in [-0.05, 0) is 42.0 Å². The number of benzene rings is 3. The minimum atomic E-state index is -0.536. The molecule has 0 aliphatic carbocycles. The normalized spacial score (nSPS) is 10.8. The number of imidazole rings is 1. The van der Waals surface area contributed by atoms with Crippen molar-refractivity contribution in [3.8, 4) is 5.75 Å².